The van der Waals surface area contributed by atoms with Crippen LogP contribution in [0.25, 0.3) is 0 Å². The van der Waals surface area contributed by atoms with Crippen molar-refractivity contribution in [1.29, 1.82) is 0 Å². The average Bonchev–Trinajstić information content (AvgIpc) is 2.74. The number of halogens is 1. The van der Waals surface area contributed by atoms with Crippen molar-refractivity contribution in [1.82, 2.24) is 4.98 Å². The van der Waals surface area contributed by atoms with Gasteiger partial charge >= 0.3 is 0 Å². The molecule has 1 unspecified atom stereocenters. The second-order valence-corrected chi connectivity index (χ2v) is 7.42. The van der Waals surface area contributed by atoms with E-state index in [4.69, 9.17) is 14.5 Å². The van der Waals surface area contributed by atoms with E-state index in [0.717, 1.165) is 23.5 Å². The number of anilines is 1. The summed E-state index contributed by atoms with van der Waals surface area (Å²) in [6, 6.07) is 6.81. The quantitative estimate of drug-likeness (QED) is 0.781. The molecule has 7 heteroatoms. The van der Waals surface area contributed by atoms with Crippen LogP contribution >= 0.6 is 0 Å². The SMILES string of the molecule is COc1ccc(F)cc1C1=NCOC(c2cnc(N3CCCCC3C)c(C)c2)=N1. The van der Waals surface area contributed by atoms with Gasteiger partial charge in [0.2, 0.25) is 5.90 Å². The van der Waals surface area contributed by atoms with Crippen LogP contribution in [0.3, 0.4) is 0 Å². The maximum absolute atomic E-state index is 13.8. The summed E-state index contributed by atoms with van der Waals surface area (Å²) < 4.78 is 24.7. The van der Waals surface area contributed by atoms with Crippen LogP contribution < -0.4 is 9.64 Å². The summed E-state index contributed by atoms with van der Waals surface area (Å²) in [5, 5.41) is 0. The van der Waals surface area contributed by atoms with Crippen molar-refractivity contribution >= 4 is 17.6 Å². The first-order valence-corrected chi connectivity index (χ1v) is 9.90. The Balaban J connectivity index is 1.64. The topological polar surface area (TPSA) is 59.3 Å². The van der Waals surface area contributed by atoms with E-state index in [-0.39, 0.29) is 12.5 Å². The molecule has 2 aliphatic heterocycles. The normalized spacial score (nSPS) is 19.3. The minimum atomic E-state index is -0.371. The zero-order chi connectivity index (χ0) is 20.4. The van der Waals surface area contributed by atoms with E-state index in [9.17, 15) is 4.39 Å². The summed E-state index contributed by atoms with van der Waals surface area (Å²) in [4.78, 5) is 15.9. The molecule has 0 N–H and O–H groups in total. The lowest BCUT2D eigenvalue weighted by molar-refractivity contribution is 0.314. The van der Waals surface area contributed by atoms with Gasteiger partial charge in [-0.05, 0) is 62.9 Å². The predicted octanol–water partition coefficient (Wildman–Crippen LogP) is 4.10. The summed E-state index contributed by atoms with van der Waals surface area (Å²) in [6.45, 7) is 5.44. The number of hydrogen-bond acceptors (Lipinski definition) is 6. The van der Waals surface area contributed by atoms with Gasteiger partial charge in [-0.2, -0.15) is 4.99 Å². The fraction of sp³-hybridized carbons (Fsp3) is 0.409. The van der Waals surface area contributed by atoms with E-state index < -0.39 is 0 Å². The molecule has 1 atom stereocenters. The molecule has 0 saturated carbocycles. The van der Waals surface area contributed by atoms with Crippen molar-refractivity contribution in [2.75, 3.05) is 25.3 Å². The van der Waals surface area contributed by atoms with Crippen LogP contribution in [0.15, 0.2) is 40.4 Å². The Kier molecular flexibility index (Phi) is 5.47. The Labute approximate surface area is 170 Å². The molecule has 1 aromatic carbocycles. The monoisotopic (exact) mass is 396 g/mol. The third-order valence-electron chi connectivity index (χ3n) is 5.40. The van der Waals surface area contributed by atoms with Crippen LogP contribution in [0.1, 0.15) is 42.9 Å². The van der Waals surface area contributed by atoms with Gasteiger partial charge in [0.15, 0.2) is 12.6 Å². The molecule has 4 rings (SSSR count). The van der Waals surface area contributed by atoms with E-state index in [1.54, 1.807) is 12.3 Å². The highest BCUT2D eigenvalue weighted by Gasteiger charge is 2.23. The van der Waals surface area contributed by atoms with Crippen LogP contribution in [0.5, 0.6) is 5.75 Å². The first kappa shape index (κ1) is 19.4. The van der Waals surface area contributed by atoms with Crippen LogP contribution in [0.2, 0.25) is 0 Å². The lowest BCUT2D eigenvalue weighted by Crippen LogP contribution is -2.38. The van der Waals surface area contributed by atoms with E-state index in [0.29, 0.717) is 29.1 Å². The van der Waals surface area contributed by atoms with Crippen LogP contribution in [0.4, 0.5) is 10.2 Å². The van der Waals surface area contributed by atoms with E-state index >= 15 is 0 Å². The first-order chi connectivity index (χ1) is 14.1. The molecule has 1 fully saturated rings. The lowest BCUT2D eigenvalue weighted by atomic mass is 10.0. The molecule has 6 nitrogen and oxygen atoms in total. The first-order valence-electron chi connectivity index (χ1n) is 9.90. The molecule has 0 radical (unpaired) electrons. The second kappa shape index (κ2) is 8.19. The highest BCUT2D eigenvalue weighted by Crippen LogP contribution is 2.27. The number of aryl methyl sites for hydroxylation is 1. The molecule has 0 amide bonds. The van der Waals surface area contributed by atoms with Gasteiger partial charge in [-0.1, -0.05) is 0 Å². The number of hydrogen-bond donors (Lipinski definition) is 0. The molecule has 1 aromatic heterocycles. The molecule has 152 valence electrons. The van der Waals surface area contributed by atoms with Crippen LogP contribution in [-0.4, -0.2) is 43.1 Å². The van der Waals surface area contributed by atoms with Crippen LogP contribution in [0, 0.1) is 12.7 Å². The number of aliphatic imine (C=N–C) groups is 2. The average molecular weight is 396 g/mol. The number of nitrogens with zero attached hydrogens (tertiary/aromatic N) is 4. The standard InChI is InChI=1S/C22H25FN4O2/c1-14-10-16(12-24-21(14)27-9-5-4-6-15(27)2)22-26-20(25-13-29-22)18-11-17(23)7-8-19(18)28-3/h7-8,10-12,15H,4-6,9,13H2,1-3H3. The highest BCUT2D eigenvalue weighted by molar-refractivity contribution is 6.11. The summed E-state index contributed by atoms with van der Waals surface area (Å²) in [6.07, 6.45) is 5.44. The van der Waals surface area contributed by atoms with Gasteiger partial charge in [0.1, 0.15) is 17.4 Å². The molecule has 2 aromatic rings. The Morgan fingerprint density at radius 3 is 2.86 bits per heavy atom. The predicted molar refractivity (Wildman–Crippen MR) is 112 cm³/mol. The third kappa shape index (κ3) is 3.95. The molecule has 2 aliphatic rings. The van der Waals surface area contributed by atoms with Gasteiger partial charge in [-0.15, -0.1) is 0 Å². The smallest absolute Gasteiger partial charge is 0.226 e. The molecule has 0 bridgehead atoms. The van der Waals surface area contributed by atoms with Crippen molar-refractivity contribution < 1.29 is 13.9 Å². The van der Waals surface area contributed by atoms with Crippen molar-refractivity contribution in [2.45, 2.75) is 39.2 Å². The molecule has 3 heterocycles. The summed E-state index contributed by atoms with van der Waals surface area (Å²) >= 11 is 0. The fourth-order valence-corrected chi connectivity index (χ4v) is 3.86. The van der Waals surface area contributed by atoms with Crippen molar-refractivity contribution in [3.63, 3.8) is 0 Å². The number of benzene rings is 1. The highest BCUT2D eigenvalue weighted by atomic mass is 19.1. The number of piperidine rings is 1. The summed E-state index contributed by atoms with van der Waals surface area (Å²) in [7, 11) is 1.54. The fourth-order valence-electron chi connectivity index (χ4n) is 3.86. The number of rotatable bonds is 4. The molecule has 0 aliphatic carbocycles. The maximum Gasteiger partial charge on any atom is 0.226 e. The van der Waals surface area contributed by atoms with Gasteiger partial charge in [-0.3, -0.25) is 0 Å². The lowest BCUT2D eigenvalue weighted by Gasteiger charge is -2.35. The number of ether oxygens (including phenoxy) is 2. The Morgan fingerprint density at radius 1 is 1.24 bits per heavy atom. The number of aromatic nitrogens is 1. The van der Waals surface area contributed by atoms with Crippen molar-refractivity contribution in [3.05, 3.63) is 53.0 Å². The number of pyridine rings is 1. The minimum Gasteiger partial charge on any atom is -0.496 e. The van der Waals surface area contributed by atoms with E-state index in [2.05, 4.69) is 28.7 Å². The molecule has 1 saturated heterocycles. The Hall–Kier alpha value is -2.96. The largest absolute Gasteiger partial charge is 0.496 e. The zero-order valence-electron chi connectivity index (χ0n) is 17.0. The molecule has 29 heavy (non-hydrogen) atoms. The van der Waals surface area contributed by atoms with Crippen LogP contribution in [-0.2, 0) is 4.74 Å². The number of amidine groups is 1. The minimum absolute atomic E-state index is 0.109. The molecule has 0 spiro atoms. The van der Waals surface area contributed by atoms with Gasteiger partial charge in [0.05, 0.1) is 18.2 Å². The Morgan fingerprint density at radius 2 is 2.10 bits per heavy atom. The number of methoxy groups -OCH3 is 1. The van der Waals surface area contributed by atoms with E-state index in [1.165, 1.54) is 38.5 Å². The zero-order valence-corrected chi connectivity index (χ0v) is 17.0. The maximum atomic E-state index is 13.8. The second-order valence-electron chi connectivity index (χ2n) is 7.42. The van der Waals surface area contributed by atoms with Crippen molar-refractivity contribution in [2.24, 2.45) is 9.98 Å². The Bertz CT molecular complexity index is 973. The van der Waals surface area contributed by atoms with Gasteiger partial charge in [-0.25, -0.2) is 14.4 Å². The summed E-state index contributed by atoms with van der Waals surface area (Å²) in [5.41, 5.74) is 2.35. The van der Waals surface area contributed by atoms with Gasteiger partial charge < -0.3 is 14.4 Å². The van der Waals surface area contributed by atoms with Crippen molar-refractivity contribution in [3.8, 4) is 5.75 Å². The summed E-state index contributed by atoms with van der Waals surface area (Å²) in [5.74, 6) is 1.96. The third-order valence-corrected chi connectivity index (χ3v) is 5.40. The van der Waals surface area contributed by atoms with Gasteiger partial charge in [0.25, 0.3) is 0 Å². The molecular weight excluding hydrogens is 371 g/mol. The molecular formula is C22H25FN4O2. The van der Waals surface area contributed by atoms with E-state index in [1.807, 2.05) is 6.07 Å². The van der Waals surface area contributed by atoms with Gasteiger partial charge in [0, 0.05) is 18.8 Å².